The van der Waals surface area contributed by atoms with Gasteiger partial charge >= 0.3 is 0 Å². The van der Waals surface area contributed by atoms with Crippen LogP contribution in [0.3, 0.4) is 0 Å². The summed E-state index contributed by atoms with van der Waals surface area (Å²) in [7, 11) is 1.56. The number of rotatable bonds is 3. The zero-order valence-electron chi connectivity index (χ0n) is 9.34. The largest absolute Gasteiger partial charge is 0.389 e. The van der Waals surface area contributed by atoms with E-state index in [9.17, 15) is 13.9 Å². The van der Waals surface area contributed by atoms with Crippen LogP contribution in [0.25, 0.3) is 0 Å². The lowest BCUT2D eigenvalue weighted by Gasteiger charge is -2.42. The van der Waals surface area contributed by atoms with Gasteiger partial charge in [0.2, 0.25) is 0 Å². The maximum Gasteiger partial charge on any atom is 0.143 e. The molecule has 0 heterocycles. The smallest absolute Gasteiger partial charge is 0.143 e. The summed E-state index contributed by atoms with van der Waals surface area (Å²) >= 11 is 3.01. The number of methoxy groups -OCH3 is 1. The molecular weight excluding hydrogens is 294 g/mol. The van der Waals surface area contributed by atoms with Crippen LogP contribution < -0.4 is 0 Å². The summed E-state index contributed by atoms with van der Waals surface area (Å²) < 4.78 is 32.5. The third-order valence-electron chi connectivity index (χ3n) is 3.19. The van der Waals surface area contributed by atoms with Gasteiger partial charge < -0.3 is 9.84 Å². The zero-order valence-corrected chi connectivity index (χ0v) is 10.9. The normalized spacial score (nSPS) is 27.9. The maximum atomic E-state index is 13.7. The van der Waals surface area contributed by atoms with E-state index < -0.39 is 17.2 Å². The Labute approximate surface area is 107 Å². The van der Waals surface area contributed by atoms with Gasteiger partial charge in [-0.1, -0.05) is 0 Å². The van der Waals surface area contributed by atoms with Crippen LogP contribution in [0, 0.1) is 11.6 Å². The summed E-state index contributed by atoms with van der Waals surface area (Å²) in [6.45, 7) is 0. The summed E-state index contributed by atoms with van der Waals surface area (Å²) in [5.74, 6) is -1.26. The monoisotopic (exact) mass is 306 g/mol. The average Bonchev–Trinajstić information content (AvgIpc) is 2.26. The molecule has 0 unspecified atom stereocenters. The molecule has 0 saturated heterocycles. The fraction of sp³-hybridized carbons (Fsp3) is 0.500. The van der Waals surface area contributed by atoms with Crippen molar-refractivity contribution in [2.45, 2.75) is 31.0 Å². The summed E-state index contributed by atoms with van der Waals surface area (Å²) in [6, 6.07) is 2.51. The quantitative estimate of drug-likeness (QED) is 0.870. The highest BCUT2D eigenvalue weighted by Crippen LogP contribution is 2.38. The molecule has 1 fully saturated rings. The zero-order chi connectivity index (χ0) is 12.6. The molecule has 94 valence electrons. The van der Waals surface area contributed by atoms with Crippen LogP contribution in [0.4, 0.5) is 8.78 Å². The van der Waals surface area contributed by atoms with Crippen LogP contribution in [-0.4, -0.2) is 23.9 Å². The average molecular weight is 307 g/mol. The van der Waals surface area contributed by atoms with Crippen molar-refractivity contribution >= 4 is 15.9 Å². The Balaban J connectivity index is 2.17. The molecule has 1 aromatic rings. The van der Waals surface area contributed by atoms with E-state index in [-0.39, 0.29) is 22.6 Å². The molecule has 0 aliphatic heterocycles. The molecule has 0 bridgehead atoms. The Morgan fingerprint density at radius 2 is 2.12 bits per heavy atom. The van der Waals surface area contributed by atoms with E-state index in [0.717, 1.165) is 0 Å². The van der Waals surface area contributed by atoms with E-state index in [1.165, 1.54) is 12.1 Å². The van der Waals surface area contributed by atoms with Gasteiger partial charge in [0.05, 0.1) is 16.2 Å². The second-order valence-corrected chi connectivity index (χ2v) is 5.34. The fourth-order valence-corrected chi connectivity index (χ4v) is 2.53. The van der Waals surface area contributed by atoms with Crippen molar-refractivity contribution in [3.63, 3.8) is 0 Å². The number of hydrogen-bond donors (Lipinski definition) is 1. The predicted molar refractivity (Wildman–Crippen MR) is 62.7 cm³/mol. The molecule has 0 amide bonds. The Hall–Kier alpha value is -0.520. The number of benzene rings is 1. The van der Waals surface area contributed by atoms with E-state index in [4.69, 9.17) is 4.74 Å². The van der Waals surface area contributed by atoms with Crippen molar-refractivity contribution in [1.29, 1.82) is 0 Å². The lowest BCUT2D eigenvalue weighted by Crippen LogP contribution is -2.49. The molecule has 1 aliphatic carbocycles. The molecule has 5 heteroatoms. The van der Waals surface area contributed by atoms with E-state index in [1.54, 1.807) is 7.11 Å². The first-order chi connectivity index (χ1) is 7.95. The van der Waals surface area contributed by atoms with Crippen LogP contribution in [0.15, 0.2) is 16.6 Å². The van der Waals surface area contributed by atoms with Crippen LogP contribution in [-0.2, 0) is 11.2 Å². The predicted octanol–water partition coefficient (Wildman–Crippen LogP) is 2.81. The molecule has 1 aromatic carbocycles. The Morgan fingerprint density at radius 1 is 1.47 bits per heavy atom. The van der Waals surface area contributed by atoms with Crippen molar-refractivity contribution in [1.82, 2.24) is 0 Å². The third kappa shape index (κ3) is 2.51. The molecule has 0 spiro atoms. The highest BCUT2D eigenvalue weighted by atomic mass is 79.9. The first-order valence-corrected chi connectivity index (χ1v) is 6.12. The van der Waals surface area contributed by atoms with Gasteiger partial charge in [-0.05, 0) is 28.1 Å². The van der Waals surface area contributed by atoms with Crippen molar-refractivity contribution in [3.8, 4) is 0 Å². The Bertz CT molecular complexity index is 431. The van der Waals surface area contributed by atoms with Crippen LogP contribution in [0.2, 0.25) is 0 Å². The van der Waals surface area contributed by atoms with Gasteiger partial charge in [-0.15, -0.1) is 0 Å². The highest BCUT2D eigenvalue weighted by Gasteiger charge is 2.43. The van der Waals surface area contributed by atoms with E-state index in [2.05, 4.69) is 15.9 Å². The van der Waals surface area contributed by atoms with E-state index in [0.29, 0.717) is 12.8 Å². The summed E-state index contributed by atoms with van der Waals surface area (Å²) in [5, 5.41) is 10.1. The van der Waals surface area contributed by atoms with Crippen LogP contribution >= 0.6 is 15.9 Å². The van der Waals surface area contributed by atoms with Crippen molar-refractivity contribution in [3.05, 3.63) is 33.8 Å². The van der Waals surface area contributed by atoms with Crippen LogP contribution in [0.5, 0.6) is 0 Å². The van der Waals surface area contributed by atoms with E-state index >= 15 is 0 Å². The fourth-order valence-electron chi connectivity index (χ4n) is 2.16. The molecule has 1 N–H and O–H groups in total. The summed E-state index contributed by atoms with van der Waals surface area (Å²) in [4.78, 5) is 0. The lowest BCUT2D eigenvalue weighted by molar-refractivity contribution is -0.127. The minimum atomic E-state index is -1.05. The highest BCUT2D eigenvalue weighted by molar-refractivity contribution is 9.10. The van der Waals surface area contributed by atoms with Crippen LogP contribution in [0.1, 0.15) is 18.4 Å². The Morgan fingerprint density at radius 3 is 2.71 bits per heavy atom. The van der Waals surface area contributed by atoms with Crippen molar-refractivity contribution < 1.29 is 18.6 Å². The second-order valence-electron chi connectivity index (χ2n) is 4.49. The SMILES string of the molecule is COC1CC(O)(Cc2c(F)ccc(Br)c2F)C1. The first-order valence-electron chi connectivity index (χ1n) is 5.33. The lowest BCUT2D eigenvalue weighted by atomic mass is 9.73. The van der Waals surface area contributed by atoms with Crippen molar-refractivity contribution in [2.24, 2.45) is 0 Å². The van der Waals surface area contributed by atoms with Gasteiger partial charge in [-0.2, -0.15) is 0 Å². The van der Waals surface area contributed by atoms with E-state index in [1.807, 2.05) is 0 Å². The molecule has 0 atom stereocenters. The third-order valence-corrected chi connectivity index (χ3v) is 3.81. The number of hydrogen-bond acceptors (Lipinski definition) is 2. The molecule has 1 aliphatic rings. The molecular formula is C12H13BrF2O2. The van der Waals surface area contributed by atoms with Crippen molar-refractivity contribution in [2.75, 3.05) is 7.11 Å². The molecule has 17 heavy (non-hydrogen) atoms. The molecule has 0 radical (unpaired) electrons. The number of aliphatic hydroxyl groups is 1. The topological polar surface area (TPSA) is 29.5 Å². The van der Waals surface area contributed by atoms with Gasteiger partial charge in [0.25, 0.3) is 0 Å². The molecule has 2 rings (SSSR count). The van der Waals surface area contributed by atoms with Gasteiger partial charge in [0.1, 0.15) is 11.6 Å². The number of ether oxygens (including phenoxy) is 1. The number of halogens is 3. The standard InChI is InChI=1S/C12H13BrF2O2/c1-17-7-4-12(16,5-7)6-8-10(14)3-2-9(13)11(8)15/h2-3,7,16H,4-6H2,1H3. The minimum Gasteiger partial charge on any atom is -0.389 e. The van der Waals surface area contributed by atoms with Gasteiger partial charge in [-0.3, -0.25) is 0 Å². The molecule has 0 aromatic heterocycles. The summed E-state index contributed by atoms with van der Waals surface area (Å²) in [6.07, 6.45) is 0.784. The molecule has 1 saturated carbocycles. The van der Waals surface area contributed by atoms with Gasteiger partial charge in [0.15, 0.2) is 0 Å². The van der Waals surface area contributed by atoms with Gasteiger partial charge in [0, 0.05) is 31.9 Å². The summed E-state index contributed by atoms with van der Waals surface area (Å²) in [5.41, 5.74) is -1.13. The minimum absolute atomic E-state index is 0.0155. The first kappa shape index (κ1) is 12.9. The molecule has 2 nitrogen and oxygen atoms in total. The second kappa shape index (κ2) is 4.63. The maximum absolute atomic E-state index is 13.7. The van der Waals surface area contributed by atoms with Gasteiger partial charge in [-0.25, -0.2) is 8.78 Å². The Kier molecular flexibility index (Phi) is 3.52.